The molecule has 5 saturated heterocycles. The van der Waals surface area contributed by atoms with Crippen molar-refractivity contribution in [1.82, 2.24) is 0 Å². The summed E-state index contributed by atoms with van der Waals surface area (Å²) >= 11 is -2.93. The van der Waals surface area contributed by atoms with Crippen molar-refractivity contribution in [2.45, 2.75) is 183 Å². The summed E-state index contributed by atoms with van der Waals surface area (Å²) in [7, 11) is 0. The Morgan fingerprint density at radius 1 is 0.667 bits per heavy atom. The number of hydrogen-bond acceptors (Lipinski definition) is 19. The van der Waals surface area contributed by atoms with Gasteiger partial charge in [0.05, 0.1) is 48.8 Å². The normalized spacial score (nSPS) is 49.5. The topological polar surface area (TPSA) is 294 Å². The molecule has 5 rings (SSSR count). The predicted octanol–water partition coefficient (Wildman–Crippen LogP) is -1.99. The molecule has 22 atom stereocenters. The van der Waals surface area contributed by atoms with Crippen LogP contribution in [0.25, 0.3) is 0 Å². The van der Waals surface area contributed by atoms with Gasteiger partial charge in [-0.1, -0.05) is 6.92 Å². The molecule has 0 amide bonds. The fourth-order valence-corrected chi connectivity index (χ4v) is 7.79. The van der Waals surface area contributed by atoms with Crippen LogP contribution in [0.15, 0.2) is 0 Å². The van der Waals surface area contributed by atoms with Crippen molar-refractivity contribution in [1.29, 1.82) is 0 Å². The van der Waals surface area contributed by atoms with E-state index >= 15 is 0 Å². The summed E-state index contributed by atoms with van der Waals surface area (Å²) in [5, 5.41) is 63.2. The summed E-state index contributed by atoms with van der Waals surface area (Å²) < 4.78 is 84.0. The number of aliphatic hydroxyl groups is 5. The minimum Gasteiger partial charge on any atom is -0.479 e. The first kappa shape index (κ1) is 43.6. The van der Waals surface area contributed by atoms with Gasteiger partial charge in [0.15, 0.2) is 43.5 Å². The third-order valence-electron chi connectivity index (χ3n) is 10.3. The molecule has 0 aliphatic carbocycles. The van der Waals surface area contributed by atoms with Crippen LogP contribution in [0, 0.1) is 5.92 Å². The maximum Gasteiger partial charge on any atom is 0.335 e. The molecule has 5 aliphatic heterocycles. The Bertz CT molecular complexity index is 1240. The Kier molecular flexibility index (Phi) is 15.2. The lowest BCUT2D eigenvalue weighted by molar-refractivity contribution is -0.380. The maximum absolute atomic E-state index is 12.2. The fourth-order valence-electron chi connectivity index (χ4n) is 7.39. The number of carboxylic acid groups (broad SMARTS) is 1. The number of carboxylic acids is 1. The molecular formula is C32H52O21S. The van der Waals surface area contributed by atoms with E-state index in [-0.39, 0.29) is 38.3 Å². The highest BCUT2D eigenvalue weighted by molar-refractivity contribution is 7.74. The van der Waals surface area contributed by atoms with Crippen LogP contribution in [-0.4, -0.2) is 175 Å². The first-order chi connectivity index (χ1) is 25.5. The largest absolute Gasteiger partial charge is 0.479 e. The zero-order chi connectivity index (χ0) is 39.6. The smallest absolute Gasteiger partial charge is 0.335 e. The van der Waals surface area contributed by atoms with E-state index in [1.54, 1.807) is 27.7 Å². The van der Waals surface area contributed by atoms with E-state index in [4.69, 9.17) is 51.6 Å². The first-order valence-electron chi connectivity index (χ1n) is 17.9. The monoisotopic (exact) mass is 804 g/mol. The Balaban J connectivity index is 1.20. The van der Waals surface area contributed by atoms with Gasteiger partial charge in [-0.05, 0) is 34.1 Å². The third kappa shape index (κ3) is 10.1. The number of aliphatic hydroxyl groups excluding tert-OH is 5. The predicted molar refractivity (Wildman–Crippen MR) is 174 cm³/mol. The summed E-state index contributed by atoms with van der Waals surface area (Å²) in [5.41, 5.74) is 0. The van der Waals surface area contributed by atoms with E-state index in [9.17, 15) is 49.0 Å². The quantitative estimate of drug-likeness (QED) is 0.0783. The molecular weight excluding hydrogens is 752 g/mol. The van der Waals surface area contributed by atoms with Gasteiger partial charge < -0.3 is 78.0 Å². The van der Waals surface area contributed by atoms with Crippen molar-refractivity contribution in [3.8, 4) is 0 Å². The molecule has 0 aromatic heterocycles. The minimum atomic E-state index is -2.93. The highest BCUT2D eigenvalue weighted by Crippen LogP contribution is 2.37. The van der Waals surface area contributed by atoms with Crippen LogP contribution in [0.2, 0.25) is 0 Å². The fraction of sp³-hybridized carbons (Fsp3) is 0.938. The molecule has 7 N–H and O–H groups in total. The number of ether oxygens (including phenoxy) is 10. The maximum atomic E-state index is 12.2. The van der Waals surface area contributed by atoms with E-state index in [0.717, 1.165) is 0 Å². The zero-order valence-electron chi connectivity index (χ0n) is 30.3. The zero-order valence-corrected chi connectivity index (χ0v) is 31.1. The lowest BCUT2D eigenvalue weighted by Gasteiger charge is -2.47. The second-order valence-corrected chi connectivity index (χ2v) is 15.0. The highest BCUT2D eigenvalue weighted by Gasteiger charge is 2.54. The van der Waals surface area contributed by atoms with Gasteiger partial charge in [0.2, 0.25) is 6.29 Å². The van der Waals surface area contributed by atoms with Crippen LogP contribution in [-0.2, 0) is 72.5 Å². The van der Waals surface area contributed by atoms with Crippen LogP contribution in [0.4, 0.5) is 0 Å². The lowest BCUT2D eigenvalue weighted by Crippen LogP contribution is -2.63. The van der Waals surface area contributed by atoms with Crippen LogP contribution in [0.5, 0.6) is 0 Å². The van der Waals surface area contributed by atoms with Crippen LogP contribution < -0.4 is 0 Å². The summed E-state index contributed by atoms with van der Waals surface area (Å²) in [5.74, 6) is -2.27. The highest BCUT2D eigenvalue weighted by atomic mass is 32.2. The van der Waals surface area contributed by atoms with E-state index in [0.29, 0.717) is 0 Å². The van der Waals surface area contributed by atoms with Crippen molar-refractivity contribution in [3.05, 3.63) is 0 Å². The van der Waals surface area contributed by atoms with E-state index in [2.05, 4.69) is 0 Å². The average Bonchev–Trinajstić information content (AvgIpc) is 3.09. The molecule has 5 aliphatic rings. The second-order valence-electron chi connectivity index (χ2n) is 14.3. The molecule has 22 heteroatoms. The number of hydrogen-bond donors (Lipinski definition) is 7. The molecule has 21 nitrogen and oxygen atoms in total. The second kappa shape index (κ2) is 18.8. The van der Waals surface area contributed by atoms with Crippen LogP contribution >= 0.6 is 0 Å². The van der Waals surface area contributed by atoms with Gasteiger partial charge in [0.25, 0.3) is 6.47 Å². The lowest BCUT2D eigenvalue weighted by atomic mass is 9.91. The van der Waals surface area contributed by atoms with Gasteiger partial charge in [-0.3, -0.25) is 13.5 Å². The Labute approximate surface area is 313 Å². The van der Waals surface area contributed by atoms with E-state index in [1.165, 1.54) is 6.92 Å². The molecule has 0 bridgehead atoms. The number of aliphatic carboxylic acids is 1. The van der Waals surface area contributed by atoms with Gasteiger partial charge in [0, 0.05) is 25.2 Å². The first-order valence-corrected chi connectivity index (χ1v) is 18.9. The van der Waals surface area contributed by atoms with Gasteiger partial charge in [0.1, 0.15) is 24.4 Å². The molecule has 54 heavy (non-hydrogen) atoms. The van der Waals surface area contributed by atoms with Gasteiger partial charge in [-0.25, -0.2) is 4.79 Å². The molecule has 5 heterocycles. The Morgan fingerprint density at radius 3 is 1.96 bits per heavy atom. The molecule has 0 radical (unpaired) electrons. The minimum absolute atomic E-state index is 0.0451. The molecule has 0 saturated carbocycles. The van der Waals surface area contributed by atoms with Crippen LogP contribution in [0.3, 0.4) is 0 Å². The number of rotatable bonds is 13. The van der Waals surface area contributed by atoms with Gasteiger partial charge >= 0.3 is 17.3 Å². The molecule has 0 aromatic rings. The summed E-state index contributed by atoms with van der Waals surface area (Å²) in [6.07, 6.45) is -23.5. The SMILES string of the molecule is CC1O[C@H](O[C@@H]2C(OC=O)O[C@@H](O[C@@H]3C(C)O[C@H](C)C[C@H]3O)C(OS(=O)O)[C@H]2O)CC[C@@H]1O[C@@H]1O[C@@H](C(=O)O)[C@@H](O[C@@H]2C[C@@H](O)[C@H](O)[C@H](C)O2)[C@H](O)C1C. The molecule has 5 fully saturated rings. The average molecular weight is 805 g/mol. The van der Waals surface area contributed by atoms with Crippen molar-refractivity contribution >= 4 is 23.8 Å². The molecule has 0 spiro atoms. The van der Waals surface area contributed by atoms with Crippen molar-refractivity contribution in [3.63, 3.8) is 0 Å². The van der Waals surface area contributed by atoms with Gasteiger partial charge in [-0.2, -0.15) is 4.21 Å². The van der Waals surface area contributed by atoms with Crippen molar-refractivity contribution < 1.29 is 101 Å². The van der Waals surface area contributed by atoms with Crippen molar-refractivity contribution in [2.75, 3.05) is 0 Å². The summed E-state index contributed by atoms with van der Waals surface area (Å²) in [6, 6.07) is 0. The molecule has 0 aromatic carbocycles. The van der Waals surface area contributed by atoms with E-state index in [1.807, 2.05) is 0 Å². The number of carbonyl (C=O) groups excluding carboxylic acids is 1. The molecule has 6 unspecified atom stereocenters. The summed E-state index contributed by atoms with van der Waals surface area (Å²) in [6.45, 7) is 8.16. The van der Waals surface area contributed by atoms with Crippen molar-refractivity contribution in [2.24, 2.45) is 5.92 Å². The standard InChI is InChI=1S/C32H52O21S/c1-11-8-17(35)24(15(5)44-11)50-32-27(53-54(41)42)23(38)26(31(52-32)43-10-33)48-19-7-6-18(13(3)45-19)47-30-12(2)21(36)25(28(51-30)29(39)40)49-20-9-16(34)22(37)14(4)46-20/h10-28,30-32,34-38H,6-9H2,1-5H3,(H,39,40)(H,41,42)/t11-,12?,13?,14+,15?,16-,17-,18+,19-,20-,21-,22-,23+,24-,25+,26+,27?,28-,30-,31?,32-/m1/s1. The van der Waals surface area contributed by atoms with Gasteiger partial charge in [-0.15, -0.1) is 0 Å². The number of carbonyl (C=O) groups is 2. The molecule has 312 valence electrons. The Morgan fingerprint density at radius 2 is 1.35 bits per heavy atom. The third-order valence-corrected chi connectivity index (χ3v) is 10.7. The van der Waals surface area contributed by atoms with E-state index < -0.39 is 140 Å². The van der Waals surface area contributed by atoms with Crippen LogP contribution in [0.1, 0.15) is 60.3 Å². The Hall–Kier alpha value is -1.55. The summed E-state index contributed by atoms with van der Waals surface area (Å²) in [4.78, 5) is 23.7.